The Morgan fingerprint density at radius 1 is 1.26 bits per heavy atom. The number of ether oxygens (including phenoxy) is 1. The molecule has 0 saturated heterocycles. The number of rotatable bonds is 5. The Balaban J connectivity index is 1.84. The average molecular weight is 260 g/mol. The van der Waals surface area contributed by atoms with Gasteiger partial charge in [0.25, 0.3) is 5.91 Å². The molecule has 1 aromatic carbocycles. The molecule has 0 atom stereocenters. The normalized spacial score (nSPS) is 13.5. The lowest BCUT2D eigenvalue weighted by Crippen LogP contribution is -2.42. The van der Waals surface area contributed by atoms with Gasteiger partial charge in [0.15, 0.2) is 0 Å². The van der Waals surface area contributed by atoms with Crippen molar-refractivity contribution >= 4 is 11.8 Å². The second kappa shape index (κ2) is 6.04. The Morgan fingerprint density at radius 3 is 2.53 bits per heavy atom. The number of benzene rings is 1. The molecule has 5 heteroatoms. The van der Waals surface area contributed by atoms with Gasteiger partial charge in [-0.2, -0.15) is 0 Å². The predicted octanol–water partition coefficient (Wildman–Crippen LogP) is 1.42. The first kappa shape index (κ1) is 13.1. The second-order valence-corrected chi connectivity index (χ2v) is 4.34. The first-order valence-corrected chi connectivity index (χ1v) is 6.14. The molecule has 1 aromatic rings. The van der Waals surface area contributed by atoms with Crippen LogP contribution in [0, 0.1) is 5.92 Å². The van der Waals surface area contributed by atoms with Crippen molar-refractivity contribution in [2.75, 3.05) is 6.61 Å². The summed E-state index contributed by atoms with van der Waals surface area (Å²) in [7, 11) is 0. The molecule has 1 aliphatic rings. The smallest absolute Gasteiger partial charge is 0.269 e. The summed E-state index contributed by atoms with van der Waals surface area (Å²) in [6.45, 7) is 3.97. The van der Waals surface area contributed by atoms with Gasteiger partial charge in [-0.25, -0.2) is 0 Å². The summed E-state index contributed by atoms with van der Waals surface area (Å²) >= 11 is 0. The maximum atomic E-state index is 11.7. The molecule has 2 N–H and O–H groups in total. The van der Waals surface area contributed by atoms with Crippen molar-refractivity contribution in [3.8, 4) is 5.75 Å². The van der Waals surface area contributed by atoms with E-state index in [9.17, 15) is 9.59 Å². The standard InChI is InChI=1S/C14H16N2O3/c1-2-9-19-12-7-5-11(6-8-12)14(18)16-15-13(17)10-3-4-10/h2,5-8,10H,1,3-4,9H2,(H,15,17)(H,16,18). The molecule has 1 aliphatic carbocycles. The number of nitrogens with one attached hydrogen (secondary N) is 2. The number of hydrazine groups is 1. The van der Waals surface area contributed by atoms with E-state index in [0.29, 0.717) is 17.9 Å². The topological polar surface area (TPSA) is 67.4 Å². The van der Waals surface area contributed by atoms with Gasteiger partial charge in [0.2, 0.25) is 5.91 Å². The fourth-order valence-electron chi connectivity index (χ4n) is 1.50. The lowest BCUT2D eigenvalue weighted by Gasteiger charge is -2.07. The van der Waals surface area contributed by atoms with Crippen LogP contribution in [0.3, 0.4) is 0 Å². The molecule has 0 bridgehead atoms. The van der Waals surface area contributed by atoms with Gasteiger partial charge in [-0.1, -0.05) is 12.7 Å². The average Bonchev–Trinajstić information content (AvgIpc) is 3.27. The van der Waals surface area contributed by atoms with Gasteiger partial charge in [0.05, 0.1) is 0 Å². The first-order chi connectivity index (χ1) is 9.20. The van der Waals surface area contributed by atoms with Gasteiger partial charge in [-0.3, -0.25) is 20.4 Å². The highest BCUT2D eigenvalue weighted by atomic mass is 16.5. The lowest BCUT2D eigenvalue weighted by atomic mass is 10.2. The van der Waals surface area contributed by atoms with Gasteiger partial charge >= 0.3 is 0 Å². The van der Waals surface area contributed by atoms with Crippen molar-refractivity contribution in [1.82, 2.24) is 10.9 Å². The summed E-state index contributed by atoms with van der Waals surface area (Å²) in [5.74, 6) is 0.261. The third kappa shape index (κ3) is 3.84. The van der Waals surface area contributed by atoms with Crippen molar-refractivity contribution in [3.63, 3.8) is 0 Å². The van der Waals surface area contributed by atoms with E-state index < -0.39 is 0 Å². The molecule has 2 amide bonds. The first-order valence-electron chi connectivity index (χ1n) is 6.14. The van der Waals surface area contributed by atoms with Crippen molar-refractivity contribution in [2.24, 2.45) is 5.92 Å². The highest BCUT2D eigenvalue weighted by Gasteiger charge is 2.29. The minimum atomic E-state index is -0.343. The van der Waals surface area contributed by atoms with Gasteiger partial charge < -0.3 is 4.74 Å². The molecule has 19 heavy (non-hydrogen) atoms. The van der Waals surface area contributed by atoms with Crippen LogP contribution >= 0.6 is 0 Å². The van der Waals surface area contributed by atoms with Gasteiger partial charge in [-0.15, -0.1) is 0 Å². The fourth-order valence-corrected chi connectivity index (χ4v) is 1.50. The maximum Gasteiger partial charge on any atom is 0.269 e. The number of carbonyl (C=O) groups is 2. The van der Waals surface area contributed by atoms with E-state index in [1.807, 2.05) is 0 Å². The maximum absolute atomic E-state index is 11.7. The number of hydrogen-bond donors (Lipinski definition) is 2. The molecule has 5 nitrogen and oxygen atoms in total. The fraction of sp³-hybridized carbons (Fsp3) is 0.286. The summed E-state index contributed by atoms with van der Waals surface area (Å²) in [6, 6.07) is 6.66. The highest BCUT2D eigenvalue weighted by molar-refractivity contribution is 5.95. The van der Waals surface area contributed by atoms with Crippen LogP contribution in [-0.2, 0) is 4.79 Å². The van der Waals surface area contributed by atoms with E-state index in [-0.39, 0.29) is 17.7 Å². The largest absolute Gasteiger partial charge is 0.490 e. The Labute approximate surface area is 111 Å². The molecule has 0 unspecified atom stereocenters. The van der Waals surface area contributed by atoms with Crippen LogP contribution in [0.1, 0.15) is 23.2 Å². The SMILES string of the molecule is C=CCOc1ccc(C(=O)NNC(=O)C2CC2)cc1. The summed E-state index contributed by atoms with van der Waals surface area (Å²) in [5, 5.41) is 0. The molecular weight excluding hydrogens is 244 g/mol. The van der Waals surface area contributed by atoms with E-state index >= 15 is 0 Å². The number of amides is 2. The van der Waals surface area contributed by atoms with E-state index in [1.54, 1.807) is 30.3 Å². The van der Waals surface area contributed by atoms with Crippen LogP contribution < -0.4 is 15.6 Å². The Kier molecular flexibility index (Phi) is 4.18. The number of carbonyl (C=O) groups excluding carboxylic acids is 2. The van der Waals surface area contributed by atoms with E-state index in [2.05, 4.69) is 17.4 Å². The zero-order valence-corrected chi connectivity index (χ0v) is 10.5. The Bertz CT molecular complexity index is 478. The second-order valence-electron chi connectivity index (χ2n) is 4.34. The van der Waals surface area contributed by atoms with Crippen molar-refractivity contribution in [1.29, 1.82) is 0 Å². The highest BCUT2D eigenvalue weighted by Crippen LogP contribution is 2.28. The monoisotopic (exact) mass is 260 g/mol. The van der Waals surface area contributed by atoms with Crippen molar-refractivity contribution in [3.05, 3.63) is 42.5 Å². The predicted molar refractivity (Wildman–Crippen MR) is 70.5 cm³/mol. The van der Waals surface area contributed by atoms with Gasteiger partial charge in [-0.05, 0) is 37.1 Å². The Morgan fingerprint density at radius 2 is 1.95 bits per heavy atom. The van der Waals surface area contributed by atoms with Crippen LogP contribution in [0.15, 0.2) is 36.9 Å². The molecular formula is C14H16N2O3. The molecule has 0 aromatic heterocycles. The van der Waals surface area contributed by atoms with Crippen LogP contribution in [0.5, 0.6) is 5.75 Å². The molecule has 2 rings (SSSR count). The third-order valence-corrected chi connectivity index (χ3v) is 2.73. The zero-order valence-electron chi connectivity index (χ0n) is 10.5. The molecule has 0 spiro atoms. The van der Waals surface area contributed by atoms with Crippen LogP contribution in [0.25, 0.3) is 0 Å². The van der Waals surface area contributed by atoms with Crippen LogP contribution in [0.4, 0.5) is 0 Å². The van der Waals surface area contributed by atoms with Crippen LogP contribution in [-0.4, -0.2) is 18.4 Å². The quantitative estimate of drug-likeness (QED) is 0.621. The minimum absolute atomic E-state index is 0.0648. The molecule has 100 valence electrons. The summed E-state index contributed by atoms with van der Waals surface area (Å²) in [6.07, 6.45) is 3.45. The third-order valence-electron chi connectivity index (χ3n) is 2.73. The lowest BCUT2D eigenvalue weighted by molar-refractivity contribution is -0.123. The van der Waals surface area contributed by atoms with Crippen molar-refractivity contribution in [2.45, 2.75) is 12.8 Å². The molecule has 0 heterocycles. The molecule has 0 radical (unpaired) electrons. The van der Waals surface area contributed by atoms with Crippen molar-refractivity contribution < 1.29 is 14.3 Å². The summed E-state index contributed by atoms with van der Waals surface area (Å²) < 4.78 is 5.31. The minimum Gasteiger partial charge on any atom is -0.490 e. The zero-order chi connectivity index (χ0) is 13.7. The number of hydrogen-bond acceptors (Lipinski definition) is 3. The van der Waals surface area contributed by atoms with E-state index in [0.717, 1.165) is 12.8 Å². The van der Waals surface area contributed by atoms with E-state index in [4.69, 9.17) is 4.74 Å². The molecule has 0 aliphatic heterocycles. The summed E-state index contributed by atoms with van der Waals surface area (Å²) in [4.78, 5) is 23.1. The van der Waals surface area contributed by atoms with E-state index in [1.165, 1.54) is 0 Å². The van der Waals surface area contributed by atoms with Gasteiger partial charge in [0, 0.05) is 11.5 Å². The Hall–Kier alpha value is -2.30. The van der Waals surface area contributed by atoms with Gasteiger partial charge in [0.1, 0.15) is 12.4 Å². The molecule has 1 saturated carbocycles. The summed E-state index contributed by atoms with van der Waals surface area (Å²) in [5.41, 5.74) is 5.26. The molecule has 1 fully saturated rings. The van der Waals surface area contributed by atoms with Crippen LogP contribution in [0.2, 0.25) is 0 Å².